The lowest BCUT2D eigenvalue weighted by Crippen LogP contribution is -2.47. The maximum Gasteiger partial charge on any atom is 0.353 e. The Hall–Kier alpha value is -3.10. The summed E-state index contributed by atoms with van der Waals surface area (Å²) < 4.78 is 0. The number of nitro groups is 1. The second kappa shape index (κ2) is 9.18. The third-order valence-electron chi connectivity index (χ3n) is 5.67. The summed E-state index contributed by atoms with van der Waals surface area (Å²) in [6, 6.07) is 11.1. The zero-order chi connectivity index (χ0) is 22.8. The molecule has 0 radical (unpaired) electrons. The summed E-state index contributed by atoms with van der Waals surface area (Å²) in [4.78, 5) is 24.1. The predicted octanol–water partition coefficient (Wildman–Crippen LogP) is 5.38. The summed E-state index contributed by atoms with van der Waals surface area (Å²) >= 11 is 12.2. The average Bonchev–Trinajstić information content (AvgIpc) is 2.77. The third-order valence-corrected chi connectivity index (χ3v) is 6.21. The molecule has 0 spiro atoms. The predicted molar refractivity (Wildman–Crippen MR) is 129 cm³/mol. The van der Waals surface area contributed by atoms with E-state index in [4.69, 9.17) is 23.2 Å². The van der Waals surface area contributed by atoms with Gasteiger partial charge in [0.15, 0.2) is 0 Å². The second-order valence-corrected chi connectivity index (χ2v) is 8.44. The van der Waals surface area contributed by atoms with Crippen LogP contribution in [0.2, 0.25) is 10.0 Å². The summed E-state index contributed by atoms with van der Waals surface area (Å²) in [6.07, 6.45) is 1.32. The van der Waals surface area contributed by atoms with Crippen LogP contribution in [0.25, 0.3) is 0 Å². The summed E-state index contributed by atoms with van der Waals surface area (Å²) in [6.45, 7) is 6.89. The molecule has 3 aromatic rings. The lowest BCUT2D eigenvalue weighted by atomic mass is 10.1. The van der Waals surface area contributed by atoms with E-state index in [1.54, 1.807) is 18.2 Å². The third kappa shape index (κ3) is 4.42. The zero-order valence-electron chi connectivity index (χ0n) is 17.7. The first kappa shape index (κ1) is 22.1. The van der Waals surface area contributed by atoms with Gasteiger partial charge in [-0.05, 0) is 49.2 Å². The van der Waals surface area contributed by atoms with Gasteiger partial charge in [0.05, 0.1) is 15.6 Å². The molecular weight excluding hydrogens is 451 g/mol. The molecule has 2 aromatic carbocycles. The van der Waals surface area contributed by atoms with Crippen molar-refractivity contribution in [2.75, 3.05) is 41.3 Å². The highest BCUT2D eigenvalue weighted by Crippen LogP contribution is 2.36. The summed E-state index contributed by atoms with van der Waals surface area (Å²) in [7, 11) is 0. The van der Waals surface area contributed by atoms with Crippen LogP contribution < -0.4 is 15.1 Å². The fraction of sp³-hybridized carbons (Fsp3) is 0.273. The number of halogens is 2. The van der Waals surface area contributed by atoms with E-state index in [1.807, 2.05) is 4.90 Å². The monoisotopic (exact) mass is 472 g/mol. The fourth-order valence-electron chi connectivity index (χ4n) is 3.82. The number of nitrogens with one attached hydrogen (secondary N) is 1. The minimum atomic E-state index is -0.460. The van der Waals surface area contributed by atoms with Crippen molar-refractivity contribution in [1.82, 2.24) is 9.97 Å². The Labute approximate surface area is 195 Å². The maximum atomic E-state index is 12.0. The van der Waals surface area contributed by atoms with Crippen molar-refractivity contribution in [3.05, 3.63) is 74.0 Å². The molecule has 1 saturated heterocycles. The van der Waals surface area contributed by atoms with Crippen molar-refractivity contribution in [3.8, 4) is 0 Å². The highest BCUT2D eigenvalue weighted by Gasteiger charge is 2.30. The van der Waals surface area contributed by atoms with Gasteiger partial charge in [0.2, 0.25) is 11.6 Å². The van der Waals surface area contributed by atoms with Gasteiger partial charge in [-0.25, -0.2) is 9.97 Å². The van der Waals surface area contributed by atoms with Crippen molar-refractivity contribution in [2.24, 2.45) is 0 Å². The number of hydrogen-bond acceptors (Lipinski definition) is 7. The fourth-order valence-corrected chi connectivity index (χ4v) is 4.27. The number of aromatic nitrogens is 2. The molecule has 1 aliphatic heterocycles. The molecule has 2 heterocycles. The lowest BCUT2D eigenvalue weighted by Gasteiger charge is -2.37. The van der Waals surface area contributed by atoms with Gasteiger partial charge in [-0.15, -0.1) is 0 Å². The van der Waals surface area contributed by atoms with Gasteiger partial charge in [-0.3, -0.25) is 10.1 Å². The van der Waals surface area contributed by atoms with Crippen LogP contribution in [0.3, 0.4) is 0 Å². The van der Waals surface area contributed by atoms with Crippen molar-refractivity contribution in [1.29, 1.82) is 0 Å². The standard InChI is InChI=1S/C22H22Cl2N6O2/c1-14-4-3-5-19(15(14)2)28-8-10-29(11-9-28)22-20(30(31)32)21(25-13-26-22)27-18-7-6-16(23)12-17(18)24/h3-7,12-13H,8-11H2,1-2H3,(H,25,26,27). The number of piperazine rings is 1. The molecule has 0 amide bonds. The van der Waals surface area contributed by atoms with Crippen LogP contribution in [-0.4, -0.2) is 41.1 Å². The number of aryl methyl sites for hydroxylation is 1. The smallest absolute Gasteiger partial charge is 0.353 e. The molecule has 4 rings (SSSR count). The van der Waals surface area contributed by atoms with E-state index >= 15 is 0 Å². The van der Waals surface area contributed by atoms with Crippen LogP contribution in [0, 0.1) is 24.0 Å². The first-order valence-corrected chi connectivity index (χ1v) is 10.9. The molecule has 166 valence electrons. The molecule has 0 bridgehead atoms. The molecule has 10 heteroatoms. The van der Waals surface area contributed by atoms with E-state index < -0.39 is 4.92 Å². The van der Waals surface area contributed by atoms with E-state index in [1.165, 1.54) is 23.1 Å². The van der Waals surface area contributed by atoms with Crippen LogP contribution >= 0.6 is 23.2 Å². The minimum Gasteiger partial charge on any atom is -0.368 e. The van der Waals surface area contributed by atoms with Gasteiger partial charge in [-0.1, -0.05) is 35.3 Å². The number of nitrogens with zero attached hydrogens (tertiary/aromatic N) is 5. The molecule has 8 nitrogen and oxygen atoms in total. The Morgan fingerprint density at radius 1 is 1.03 bits per heavy atom. The van der Waals surface area contributed by atoms with E-state index in [0.29, 0.717) is 34.6 Å². The maximum absolute atomic E-state index is 12.0. The SMILES string of the molecule is Cc1cccc(N2CCN(c3ncnc(Nc4ccc(Cl)cc4Cl)c3[N+](=O)[O-])CC2)c1C. The van der Waals surface area contributed by atoms with E-state index in [9.17, 15) is 10.1 Å². The quantitative estimate of drug-likeness (QED) is 0.393. The highest BCUT2D eigenvalue weighted by atomic mass is 35.5. The van der Waals surface area contributed by atoms with Crippen LogP contribution in [0.1, 0.15) is 11.1 Å². The largest absolute Gasteiger partial charge is 0.368 e. The topological polar surface area (TPSA) is 87.4 Å². The number of anilines is 4. The Morgan fingerprint density at radius 3 is 2.44 bits per heavy atom. The molecule has 1 fully saturated rings. The van der Waals surface area contributed by atoms with Gasteiger partial charge in [0, 0.05) is 36.9 Å². The highest BCUT2D eigenvalue weighted by molar-refractivity contribution is 6.36. The first-order valence-electron chi connectivity index (χ1n) is 10.1. The van der Waals surface area contributed by atoms with E-state index in [0.717, 1.165) is 13.1 Å². The van der Waals surface area contributed by atoms with Crippen molar-refractivity contribution < 1.29 is 4.92 Å². The van der Waals surface area contributed by atoms with E-state index in [2.05, 4.69) is 52.2 Å². The molecule has 1 aliphatic rings. The Balaban J connectivity index is 1.58. The van der Waals surface area contributed by atoms with E-state index in [-0.39, 0.29) is 11.5 Å². The molecular formula is C22H22Cl2N6O2. The van der Waals surface area contributed by atoms with Crippen LogP contribution in [0.4, 0.5) is 28.7 Å². The molecule has 0 unspecified atom stereocenters. The summed E-state index contributed by atoms with van der Waals surface area (Å²) in [5, 5.41) is 15.7. The van der Waals surface area contributed by atoms with Crippen molar-refractivity contribution in [2.45, 2.75) is 13.8 Å². The molecule has 32 heavy (non-hydrogen) atoms. The van der Waals surface area contributed by atoms with Gasteiger partial charge < -0.3 is 15.1 Å². The van der Waals surface area contributed by atoms with Crippen LogP contribution in [-0.2, 0) is 0 Å². The zero-order valence-corrected chi connectivity index (χ0v) is 19.2. The van der Waals surface area contributed by atoms with Crippen molar-refractivity contribution >= 4 is 51.9 Å². The van der Waals surface area contributed by atoms with Gasteiger partial charge in [0.25, 0.3) is 0 Å². The first-order chi connectivity index (χ1) is 15.3. The summed E-state index contributed by atoms with van der Waals surface area (Å²) in [5.41, 5.74) is 3.98. The average molecular weight is 473 g/mol. The van der Waals surface area contributed by atoms with Gasteiger partial charge in [0.1, 0.15) is 6.33 Å². The lowest BCUT2D eigenvalue weighted by molar-refractivity contribution is -0.383. The molecule has 1 N–H and O–H groups in total. The normalized spacial score (nSPS) is 13.9. The van der Waals surface area contributed by atoms with Crippen molar-refractivity contribution in [3.63, 3.8) is 0 Å². The second-order valence-electron chi connectivity index (χ2n) is 7.59. The minimum absolute atomic E-state index is 0.0844. The molecule has 0 saturated carbocycles. The van der Waals surface area contributed by atoms with Crippen LogP contribution in [0.5, 0.6) is 0 Å². The molecule has 1 aromatic heterocycles. The Bertz CT molecular complexity index is 1170. The number of hydrogen-bond donors (Lipinski definition) is 1. The molecule has 0 aliphatic carbocycles. The molecule has 0 atom stereocenters. The van der Waals surface area contributed by atoms with Crippen LogP contribution in [0.15, 0.2) is 42.7 Å². The number of rotatable bonds is 5. The summed E-state index contributed by atoms with van der Waals surface area (Å²) in [5.74, 6) is 0.374. The van der Waals surface area contributed by atoms with Gasteiger partial charge >= 0.3 is 5.69 Å². The van der Waals surface area contributed by atoms with Gasteiger partial charge in [-0.2, -0.15) is 0 Å². The Kier molecular flexibility index (Phi) is 6.34. The number of benzene rings is 2. The Morgan fingerprint density at radius 2 is 1.75 bits per heavy atom.